The predicted octanol–water partition coefficient (Wildman–Crippen LogP) is 0.697. The molecule has 2 rings (SSSR count). The molecule has 2 atom stereocenters. The first kappa shape index (κ1) is 15.9. The van der Waals surface area contributed by atoms with Gasteiger partial charge in [-0.2, -0.15) is 0 Å². The van der Waals surface area contributed by atoms with Gasteiger partial charge in [0, 0.05) is 19.1 Å². The number of amides is 1. The van der Waals surface area contributed by atoms with Gasteiger partial charge in [-0.25, -0.2) is 0 Å². The summed E-state index contributed by atoms with van der Waals surface area (Å²) in [5.74, 6) is -0.349. The molecule has 1 amide bonds. The lowest BCUT2D eigenvalue weighted by atomic mass is 9.87. The van der Waals surface area contributed by atoms with Gasteiger partial charge in [0.2, 0.25) is 5.91 Å². The minimum absolute atomic E-state index is 0.328. The van der Waals surface area contributed by atoms with Crippen molar-refractivity contribution in [2.45, 2.75) is 24.9 Å². The molecule has 1 fully saturated rings. The minimum Gasteiger partial charge on any atom is -0.378 e. The predicted molar refractivity (Wildman–Crippen MR) is 82.8 cm³/mol. The normalized spacial score (nSPS) is 22.7. The van der Waals surface area contributed by atoms with Crippen molar-refractivity contribution in [3.63, 3.8) is 0 Å². The summed E-state index contributed by atoms with van der Waals surface area (Å²) >= 11 is 0. The van der Waals surface area contributed by atoms with E-state index in [-0.39, 0.29) is 5.91 Å². The number of hydrogen-bond donors (Lipinski definition) is 2. The van der Waals surface area contributed by atoms with Crippen LogP contribution >= 0.6 is 0 Å². The molecule has 0 bridgehead atoms. The Kier molecular flexibility index (Phi) is 5.33. The second-order valence-electron chi connectivity index (χ2n) is 5.49. The quantitative estimate of drug-likeness (QED) is 0.809. The lowest BCUT2D eigenvalue weighted by molar-refractivity contribution is -0.127. The second kappa shape index (κ2) is 7.02. The molecule has 0 aliphatic carbocycles. The number of carbonyl (C=O) groups is 1. The fourth-order valence-corrected chi connectivity index (χ4v) is 2.96. The average Bonchev–Trinajstić information content (AvgIpc) is 2.53. The third-order valence-corrected chi connectivity index (χ3v) is 4.37. The van der Waals surface area contributed by atoms with E-state index >= 15 is 0 Å². The Labute approximate surface area is 126 Å². The molecule has 5 heteroatoms. The third-order valence-electron chi connectivity index (χ3n) is 4.37. The van der Waals surface area contributed by atoms with Gasteiger partial charge in [0.05, 0.1) is 13.2 Å². The number of nitrogens with one attached hydrogen (secondary N) is 1. The maximum absolute atomic E-state index is 12.2. The van der Waals surface area contributed by atoms with Crippen LogP contribution in [-0.2, 0) is 15.1 Å². The Hall–Kier alpha value is -1.43. The van der Waals surface area contributed by atoms with Crippen LogP contribution in [0.15, 0.2) is 30.3 Å². The number of likely N-dealkylation sites (N-methyl/N-ethyl adjacent to an activating group) is 1. The number of morpholine rings is 1. The van der Waals surface area contributed by atoms with Crippen molar-refractivity contribution in [2.75, 3.05) is 33.4 Å². The van der Waals surface area contributed by atoms with Crippen molar-refractivity contribution in [1.82, 2.24) is 10.2 Å². The second-order valence-corrected chi connectivity index (χ2v) is 5.49. The van der Waals surface area contributed by atoms with Gasteiger partial charge in [-0.3, -0.25) is 9.69 Å². The van der Waals surface area contributed by atoms with Crippen molar-refractivity contribution in [3.05, 3.63) is 35.9 Å². The third kappa shape index (κ3) is 3.26. The van der Waals surface area contributed by atoms with E-state index in [9.17, 15) is 4.79 Å². The molecule has 116 valence electrons. The maximum Gasteiger partial charge on any atom is 0.243 e. The Morgan fingerprint density at radius 1 is 1.48 bits per heavy atom. The first-order valence-electron chi connectivity index (χ1n) is 7.50. The Morgan fingerprint density at radius 2 is 2.19 bits per heavy atom. The van der Waals surface area contributed by atoms with E-state index < -0.39 is 5.54 Å². The summed E-state index contributed by atoms with van der Waals surface area (Å²) in [4.78, 5) is 14.5. The molecule has 3 N–H and O–H groups in total. The molecule has 1 heterocycles. The summed E-state index contributed by atoms with van der Waals surface area (Å²) in [7, 11) is 1.79. The van der Waals surface area contributed by atoms with Gasteiger partial charge >= 0.3 is 0 Å². The van der Waals surface area contributed by atoms with Crippen molar-refractivity contribution in [2.24, 2.45) is 5.73 Å². The highest BCUT2D eigenvalue weighted by atomic mass is 16.5. The zero-order valence-corrected chi connectivity index (χ0v) is 12.8. The lowest BCUT2D eigenvalue weighted by Gasteiger charge is -2.41. The molecule has 1 aromatic carbocycles. The highest BCUT2D eigenvalue weighted by Gasteiger charge is 2.40. The topological polar surface area (TPSA) is 67.6 Å². The summed E-state index contributed by atoms with van der Waals surface area (Å²) in [5, 5.41) is 3.17. The molecule has 0 radical (unpaired) electrons. The van der Waals surface area contributed by atoms with Crippen LogP contribution in [0.2, 0.25) is 0 Å². The van der Waals surface area contributed by atoms with Gasteiger partial charge in [0.1, 0.15) is 5.54 Å². The minimum atomic E-state index is -0.869. The first-order valence-corrected chi connectivity index (χ1v) is 7.50. The molecule has 21 heavy (non-hydrogen) atoms. The highest BCUT2D eigenvalue weighted by Crippen LogP contribution is 2.24. The van der Waals surface area contributed by atoms with Crippen LogP contribution in [0.5, 0.6) is 0 Å². The van der Waals surface area contributed by atoms with Crippen LogP contribution < -0.4 is 11.1 Å². The number of hydrogen-bond acceptors (Lipinski definition) is 4. The summed E-state index contributed by atoms with van der Waals surface area (Å²) in [6, 6.07) is 10.0. The molecule has 2 unspecified atom stereocenters. The number of nitrogens with zero attached hydrogens (tertiary/aromatic N) is 1. The van der Waals surface area contributed by atoms with Crippen LogP contribution in [0.25, 0.3) is 0 Å². The van der Waals surface area contributed by atoms with E-state index in [2.05, 4.69) is 17.1 Å². The molecule has 1 aliphatic rings. The number of carbonyl (C=O) groups excluding carboxylic acids is 1. The zero-order chi connectivity index (χ0) is 15.3. The summed E-state index contributed by atoms with van der Waals surface area (Å²) in [6.07, 6.45) is 0.993. The SMILES string of the molecule is CCC1COCCN1CC(NC)(C(N)=O)c1ccccc1. The van der Waals surface area contributed by atoms with E-state index in [1.54, 1.807) is 7.05 Å². The van der Waals surface area contributed by atoms with E-state index in [4.69, 9.17) is 10.5 Å². The van der Waals surface area contributed by atoms with Crippen molar-refractivity contribution in [1.29, 1.82) is 0 Å². The first-order chi connectivity index (χ1) is 10.1. The van der Waals surface area contributed by atoms with Gasteiger partial charge in [-0.1, -0.05) is 37.3 Å². The van der Waals surface area contributed by atoms with Crippen LogP contribution in [0.4, 0.5) is 0 Å². The molecule has 0 aromatic heterocycles. The van der Waals surface area contributed by atoms with E-state index in [1.165, 1.54) is 0 Å². The molecule has 0 spiro atoms. The number of primary amides is 1. The molecule has 1 aliphatic heterocycles. The average molecular weight is 291 g/mol. The smallest absolute Gasteiger partial charge is 0.243 e. The molecule has 5 nitrogen and oxygen atoms in total. The zero-order valence-electron chi connectivity index (χ0n) is 12.8. The largest absolute Gasteiger partial charge is 0.378 e. The van der Waals surface area contributed by atoms with Gasteiger partial charge in [-0.15, -0.1) is 0 Å². The summed E-state index contributed by atoms with van der Waals surface area (Å²) < 4.78 is 5.54. The van der Waals surface area contributed by atoms with Gasteiger partial charge in [0.15, 0.2) is 0 Å². The lowest BCUT2D eigenvalue weighted by Crippen LogP contribution is -2.61. The Balaban J connectivity index is 2.30. The fourth-order valence-electron chi connectivity index (χ4n) is 2.96. The summed E-state index contributed by atoms with van der Waals surface area (Å²) in [6.45, 7) is 4.93. The molecular weight excluding hydrogens is 266 g/mol. The highest BCUT2D eigenvalue weighted by molar-refractivity contribution is 5.86. The van der Waals surface area contributed by atoms with Gasteiger partial charge in [-0.05, 0) is 19.0 Å². The van der Waals surface area contributed by atoms with Crippen LogP contribution in [0, 0.1) is 0 Å². The van der Waals surface area contributed by atoms with E-state index in [1.807, 2.05) is 30.3 Å². The standard InChI is InChI=1S/C16H25N3O2/c1-3-14-11-21-10-9-19(14)12-16(18-2,15(17)20)13-7-5-4-6-8-13/h4-8,14,18H,3,9-12H2,1-2H3,(H2,17,20). The van der Waals surface area contributed by atoms with E-state index in [0.717, 1.165) is 18.5 Å². The number of benzene rings is 1. The molecular formula is C16H25N3O2. The van der Waals surface area contributed by atoms with Crippen molar-refractivity contribution >= 4 is 5.91 Å². The van der Waals surface area contributed by atoms with Gasteiger partial charge in [0.25, 0.3) is 0 Å². The Morgan fingerprint density at radius 3 is 2.76 bits per heavy atom. The maximum atomic E-state index is 12.2. The Bertz CT molecular complexity index is 466. The van der Waals surface area contributed by atoms with Crippen LogP contribution in [0.1, 0.15) is 18.9 Å². The summed E-state index contributed by atoms with van der Waals surface area (Å²) in [5.41, 5.74) is 5.79. The van der Waals surface area contributed by atoms with E-state index in [0.29, 0.717) is 25.8 Å². The van der Waals surface area contributed by atoms with Crippen molar-refractivity contribution < 1.29 is 9.53 Å². The molecule has 1 saturated heterocycles. The van der Waals surface area contributed by atoms with Crippen LogP contribution in [-0.4, -0.2) is 50.2 Å². The monoisotopic (exact) mass is 291 g/mol. The molecule has 1 aromatic rings. The van der Waals surface area contributed by atoms with Crippen LogP contribution in [0.3, 0.4) is 0 Å². The number of nitrogens with two attached hydrogens (primary N) is 1. The molecule has 0 saturated carbocycles. The number of ether oxygens (including phenoxy) is 1. The fraction of sp³-hybridized carbons (Fsp3) is 0.562. The van der Waals surface area contributed by atoms with Gasteiger partial charge < -0.3 is 15.8 Å². The number of rotatable bonds is 6. The van der Waals surface area contributed by atoms with Crippen molar-refractivity contribution in [3.8, 4) is 0 Å².